The van der Waals surface area contributed by atoms with Crippen molar-refractivity contribution in [3.63, 3.8) is 0 Å². The van der Waals surface area contributed by atoms with Crippen LogP contribution in [0.15, 0.2) is 15.8 Å². The molecule has 2 heterocycles. The minimum atomic E-state index is -5.34. The third kappa shape index (κ3) is 5.55. The van der Waals surface area contributed by atoms with Gasteiger partial charge in [0.1, 0.15) is 17.9 Å². The smallest absolute Gasteiger partial charge is 0.320 e. The summed E-state index contributed by atoms with van der Waals surface area (Å²) in [5, 5.41) is -0.342. The molecular weight excluding hydrogens is 413 g/mol. The van der Waals surface area contributed by atoms with E-state index >= 15 is 0 Å². The van der Waals surface area contributed by atoms with Crippen LogP contribution in [0.25, 0.3) is 0 Å². The number of aromatic nitrogens is 2. The molecule has 1 aliphatic rings. The fourth-order valence-electron chi connectivity index (χ4n) is 2.01. The Kier molecular flexibility index (Phi) is 5.74. The highest BCUT2D eigenvalue weighted by atomic mass is 35.5. The largest absolute Gasteiger partial charge is 0.481 e. The van der Waals surface area contributed by atoms with Gasteiger partial charge in [0.25, 0.3) is 5.56 Å². The molecule has 0 spiro atoms. The summed E-state index contributed by atoms with van der Waals surface area (Å²) in [6.07, 6.45) is -0.738. The lowest BCUT2D eigenvalue weighted by Crippen LogP contribution is -2.34. The van der Waals surface area contributed by atoms with Crippen LogP contribution in [-0.4, -0.2) is 36.7 Å². The maximum Gasteiger partial charge on any atom is 0.481 e. The number of halogens is 2. The van der Waals surface area contributed by atoms with E-state index in [4.69, 9.17) is 31.0 Å². The van der Waals surface area contributed by atoms with Gasteiger partial charge in [0.2, 0.25) is 5.85 Å². The molecule has 0 radical (unpaired) electrons. The summed E-state index contributed by atoms with van der Waals surface area (Å²) < 4.78 is 49.7. The van der Waals surface area contributed by atoms with Crippen molar-refractivity contribution in [2.45, 2.75) is 24.9 Å². The third-order valence-electron chi connectivity index (χ3n) is 3.00. The first-order chi connectivity index (χ1) is 11.3. The van der Waals surface area contributed by atoms with E-state index in [-0.39, 0.29) is 11.4 Å². The Hall–Kier alpha value is -0.880. The lowest BCUT2D eigenvalue weighted by molar-refractivity contribution is -0.175. The Labute approximate surface area is 143 Å². The quantitative estimate of drug-likeness (QED) is 0.467. The first-order valence-corrected chi connectivity index (χ1v) is 9.83. The lowest BCUT2D eigenvalue weighted by atomic mass is 10.2. The van der Waals surface area contributed by atoms with Crippen molar-refractivity contribution in [3.05, 3.63) is 32.1 Å². The van der Waals surface area contributed by atoms with Crippen LogP contribution in [0, 0.1) is 0 Å². The number of phosphoric acid groups is 2. The van der Waals surface area contributed by atoms with E-state index in [2.05, 4.69) is 8.83 Å². The number of nitrogens with zero attached hydrogens (tertiary/aromatic N) is 1. The van der Waals surface area contributed by atoms with Crippen molar-refractivity contribution in [1.82, 2.24) is 9.55 Å². The Morgan fingerprint density at radius 3 is 2.68 bits per heavy atom. The Morgan fingerprint density at radius 1 is 1.44 bits per heavy atom. The number of nitrogens with one attached hydrogen (secondary N) is 1. The monoisotopic (exact) mass is 424 g/mol. The molecule has 1 fully saturated rings. The molecule has 16 heteroatoms. The molecule has 0 aromatic carbocycles. The number of ether oxygens (including phenoxy) is 1. The normalized spacial score (nSPS) is 26.5. The number of alkyl halides is 1. The van der Waals surface area contributed by atoms with Crippen molar-refractivity contribution in [1.29, 1.82) is 0 Å². The maximum atomic E-state index is 14.5. The summed E-state index contributed by atoms with van der Waals surface area (Å²) >= 11 is 5.58. The van der Waals surface area contributed by atoms with Crippen LogP contribution in [-0.2, 0) is 22.7 Å². The van der Waals surface area contributed by atoms with Crippen LogP contribution in [0.4, 0.5) is 4.39 Å². The summed E-state index contributed by atoms with van der Waals surface area (Å²) in [5.41, 5.74) is -1.76. The van der Waals surface area contributed by atoms with E-state index in [0.29, 0.717) is 0 Å². The Morgan fingerprint density at radius 2 is 2.08 bits per heavy atom. The Balaban J connectivity index is 2.07. The number of hydrogen-bond donors (Lipinski definition) is 4. The van der Waals surface area contributed by atoms with Gasteiger partial charge in [-0.05, 0) is 6.42 Å². The predicted molar refractivity (Wildman–Crippen MR) is 78.4 cm³/mol. The molecule has 3 atom stereocenters. The first-order valence-electron chi connectivity index (χ1n) is 6.42. The van der Waals surface area contributed by atoms with Crippen LogP contribution in [0.1, 0.15) is 19.1 Å². The van der Waals surface area contributed by atoms with Gasteiger partial charge in [0.15, 0.2) is 0 Å². The van der Waals surface area contributed by atoms with Crippen LogP contribution >= 0.6 is 27.2 Å². The lowest BCUT2D eigenvalue weighted by Gasteiger charge is -2.22. The number of hydrogen-bond acceptors (Lipinski definition) is 7. The number of aromatic amines is 1. The third-order valence-corrected chi connectivity index (χ3v) is 5.40. The number of rotatable bonds is 6. The second-order valence-corrected chi connectivity index (χ2v) is 8.19. The van der Waals surface area contributed by atoms with Crippen molar-refractivity contribution in [2.24, 2.45) is 0 Å². The molecule has 1 aromatic heterocycles. The van der Waals surface area contributed by atoms with Gasteiger partial charge < -0.3 is 19.4 Å². The minimum Gasteiger partial charge on any atom is -0.320 e. The fraction of sp³-hybridized carbons (Fsp3) is 0.556. The van der Waals surface area contributed by atoms with Crippen LogP contribution < -0.4 is 11.2 Å². The van der Waals surface area contributed by atoms with Gasteiger partial charge >= 0.3 is 21.3 Å². The maximum absolute atomic E-state index is 14.5. The molecule has 0 saturated carbocycles. The van der Waals surface area contributed by atoms with Gasteiger partial charge in [-0.15, -0.1) is 0 Å². The molecule has 1 unspecified atom stereocenters. The summed E-state index contributed by atoms with van der Waals surface area (Å²) in [4.78, 5) is 50.8. The summed E-state index contributed by atoms with van der Waals surface area (Å²) in [5.74, 6) is -2.65. The highest BCUT2D eigenvalue weighted by Gasteiger charge is 2.45. The van der Waals surface area contributed by atoms with Crippen molar-refractivity contribution >= 4 is 27.2 Å². The average molecular weight is 425 g/mol. The second-order valence-electron chi connectivity index (χ2n) is 4.95. The van der Waals surface area contributed by atoms with Crippen molar-refractivity contribution < 1.29 is 41.8 Å². The standard InChI is InChI=1S/C9H12ClFN2O10P2/c10-5-3-13(8(15)12-7(5)14)6-1-2-9(11,22-6)4-21-25(19,20)23-24(16,17)18/h3,6H,1-2,4H2,(H,19,20)(H,12,14,15)(H2,16,17,18)/t6-,9+/m1/s1. The summed E-state index contributed by atoms with van der Waals surface area (Å²) in [6.45, 7) is -1.21. The molecule has 1 aromatic rings. The molecule has 12 nitrogen and oxygen atoms in total. The van der Waals surface area contributed by atoms with Crippen LogP contribution in [0.2, 0.25) is 5.02 Å². The van der Waals surface area contributed by atoms with Gasteiger partial charge in [-0.25, -0.2) is 18.3 Å². The van der Waals surface area contributed by atoms with Crippen molar-refractivity contribution in [2.75, 3.05) is 6.61 Å². The molecule has 1 saturated heterocycles. The highest BCUT2D eigenvalue weighted by Crippen LogP contribution is 2.58. The molecule has 4 N–H and O–H groups in total. The van der Waals surface area contributed by atoms with Crippen LogP contribution in [0.5, 0.6) is 0 Å². The molecule has 2 rings (SSSR count). The number of phosphoric ester groups is 1. The van der Waals surface area contributed by atoms with Gasteiger partial charge in [-0.1, -0.05) is 11.6 Å². The molecule has 25 heavy (non-hydrogen) atoms. The summed E-state index contributed by atoms with van der Waals surface area (Å²) in [7, 11) is -10.6. The van der Waals surface area contributed by atoms with Crippen LogP contribution in [0.3, 0.4) is 0 Å². The molecule has 0 amide bonds. The zero-order valence-corrected chi connectivity index (χ0v) is 14.6. The van der Waals surface area contributed by atoms with Gasteiger partial charge in [-0.3, -0.25) is 18.9 Å². The molecule has 0 aliphatic carbocycles. The minimum absolute atomic E-state index is 0.0861. The Bertz CT molecular complexity index is 867. The molecule has 0 bridgehead atoms. The molecule has 142 valence electrons. The van der Waals surface area contributed by atoms with E-state index < -0.39 is 52.0 Å². The van der Waals surface area contributed by atoms with E-state index in [9.17, 15) is 23.1 Å². The fourth-order valence-corrected chi connectivity index (χ4v) is 3.79. The number of H-pyrrole nitrogens is 1. The van der Waals surface area contributed by atoms with E-state index in [1.54, 1.807) is 0 Å². The van der Waals surface area contributed by atoms with Gasteiger partial charge in [0.05, 0.1) is 0 Å². The van der Waals surface area contributed by atoms with E-state index in [0.717, 1.165) is 10.8 Å². The zero-order valence-electron chi connectivity index (χ0n) is 12.1. The highest BCUT2D eigenvalue weighted by molar-refractivity contribution is 7.60. The summed E-state index contributed by atoms with van der Waals surface area (Å²) in [6, 6.07) is 0. The van der Waals surface area contributed by atoms with E-state index in [1.165, 1.54) is 0 Å². The SMILES string of the molecule is O=c1[nH]c(=O)n([C@H]2CC[C@@](F)(COP(=O)(O)OP(=O)(O)O)O2)cc1Cl. The van der Waals surface area contributed by atoms with Gasteiger partial charge in [0, 0.05) is 12.6 Å². The predicted octanol–water partition coefficient (Wildman–Crippen LogP) is 0.391. The topological polar surface area (TPSA) is 177 Å². The second kappa shape index (κ2) is 7.03. The molecule has 1 aliphatic heterocycles. The van der Waals surface area contributed by atoms with E-state index in [1.807, 2.05) is 4.98 Å². The molecular formula is C9H12ClFN2O10P2. The van der Waals surface area contributed by atoms with Crippen molar-refractivity contribution in [3.8, 4) is 0 Å². The first kappa shape index (κ1) is 20.4. The zero-order chi connectivity index (χ0) is 19.0. The van der Waals surface area contributed by atoms with Gasteiger partial charge in [-0.2, -0.15) is 4.31 Å². The average Bonchev–Trinajstić information content (AvgIpc) is 2.81.